The van der Waals surface area contributed by atoms with Crippen LogP contribution in [-0.2, 0) is 4.79 Å². The van der Waals surface area contributed by atoms with E-state index in [-0.39, 0.29) is 23.7 Å². The van der Waals surface area contributed by atoms with Gasteiger partial charge < -0.3 is 15.4 Å². The molecule has 1 fully saturated rings. The molecule has 5 heteroatoms. The second kappa shape index (κ2) is 6.02. The third kappa shape index (κ3) is 3.23. The van der Waals surface area contributed by atoms with Gasteiger partial charge in [0.25, 0.3) is 0 Å². The van der Waals surface area contributed by atoms with Crippen molar-refractivity contribution in [2.24, 2.45) is 0 Å². The first-order chi connectivity index (χ1) is 9.11. The number of halogens is 1. The smallest absolute Gasteiger partial charge is 0.237 e. The van der Waals surface area contributed by atoms with Crippen molar-refractivity contribution in [3.63, 3.8) is 0 Å². The second-order valence-corrected chi connectivity index (χ2v) is 4.77. The van der Waals surface area contributed by atoms with E-state index >= 15 is 0 Å². The lowest BCUT2D eigenvalue weighted by molar-refractivity contribution is -0.123. The Balaban J connectivity index is 2.00. The minimum absolute atomic E-state index is 0.0266. The van der Waals surface area contributed by atoms with Crippen molar-refractivity contribution in [2.45, 2.75) is 31.8 Å². The molecular weight excluding hydrogens is 247 g/mol. The maximum absolute atomic E-state index is 13.6. The number of carbonyl (C=O) groups is 1. The molecule has 1 amide bonds. The molecule has 0 aromatic heterocycles. The highest BCUT2D eigenvalue weighted by Crippen LogP contribution is 2.22. The van der Waals surface area contributed by atoms with E-state index in [1.54, 1.807) is 12.1 Å². The Morgan fingerprint density at radius 1 is 1.58 bits per heavy atom. The van der Waals surface area contributed by atoms with Crippen LogP contribution >= 0.6 is 0 Å². The fourth-order valence-electron chi connectivity index (χ4n) is 2.26. The van der Waals surface area contributed by atoms with Gasteiger partial charge in [-0.15, -0.1) is 0 Å². The molecule has 1 unspecified atom stereocenters. The van der Waals surface area contributed by atoms with Crippen LogP contribution in [0.1, 0.15) is 31.4 Å². The molecule has 2 N–H and O–H groups in total. The summed E-state index contributed by atoms with van der Waals surface area (Å²) in [6, 6.07) is 4.38. The van der Waals surface area contributed by atoms with Gasteiger partial charge >= 0.3 is 0 Å². The zero-order chi connectivity index (χ0) is 13.8. The topological polar surface area (TPSA) is 50.4 Å². The quantitative estimate of drug-likeness (QED) is 0.873. The van der Waals surface area contributed by atoms with E-state index in [1.165, 1.54) is 13.2 Å². The maximum atomic E-state index is 13.6. The monoisotopic (exact) mass is 266 g/mol. The fourth-order valence-corrected chi connectivity index (χ4v) is 2.26. The van der Waals surface area contributed by atoms with E-state index in [0.29, 0.717) is 0 Å². The summed E-state index contributed by atoms with van der Waals surface area (Å²) in [5.41, 5.74) is 0.727. The Morgan fingerprint density at radius 2 is 2.37 bits per heavy atom. The average Bonchev–Trinajstić information content (AvgIpc) is 2.92. The van der Waals surface area contributed by atoms with Gasteiger partial charge in [-0.1, -0.05) is 6.07 Å². The van der Waals surface area contributed by atoms with Gasteiger partial charge in [-0.05, 0) is 44.0 Å². The van der Waals surface area contributed by atoms with Gasteiger partial charge in [0.2, 0.25) is 5.91 Å². The third-order valence-corrected chi connectivity index (χ3v) is 3.41. The highest BCUT2D eigenvalue weighted by atomic mass is 19.1. The predicted molar refractivity (Wildman–Crippen MR) is 70.5 cm³/mol. The molecule has 1 aliphatic rings. The number of carbonyl (C=O) groups excluding carboxylic acids is 1. The Labute approximate surface area is 112 Å². The lowest BCUT2D eigenvalue weighted by atomic mass is 10.1. The molecule has 0 spiro atoms. The molecule has 2 atom stereocenters. The second-order valence-electron chi connectivity index (χ2n) is 4.77. The summed E-state index contributed by atoms with van der Waals surface area (Å²) < 4.78 is 18.5. The summed E-state index contributed by atoms with van der Waals surface area (Å²) >= 11 is 0. The number of hydrogen-bond donors (Lipinski definition) is 2. The van der Waals surface area contributed by atoms with Crippen molar-refractivity contribution in [1.29, 1.82) is 0 Å². The molecule has 104 valence electrons. The normalized spacial score (nSPS) is 20.1. The molecule has 19 heavy (non-hydrogen) atoms. The highest BCUT2D eigenvalue weighted by Gasteiger charge is 2.23. The van der Waals surface area contributed by atoms with Crippen LogP contribution < -0.4 is 15.4 Å². The average molecular weight is 266 g/mol. The molecule has 0 saturated carbocycles. The summed E-state index contributed by atoms with van der Waals surface area (Å²) in [7, 11) is 1.43. The van der Waals surface area contributed by atoms with Gasteiger partial charge in [-0.3, -0.25) is 4.79 Å². The first kappa shape index (κ1) is 13.8. The summed E-state index contributed by atoms with van der Waals surface area (Å²) in [5, 5.41) is 6.03. The number of benzene rings is 1. The van der Waals surface area contributed by atoms with Gasteiger partial charge in [0.15, 0.2) is 11.6 Å². The lowest BCUT2D eigenvalue weighted by Crippen LogP contribution is -2.41. The van der Waals surface area contributed by atoms with Crippen LogP contribution in [-0.4, -0.2) is 25.6 Å². The number of amides is 1. The number of nitrogens with one attached hydrogen (secondary N) is 2. The molecule has 1 aromatic carbocycles. The van der Waals surface area contributed by atoms with E-state index in [0.717, 1.165) is 24.9 Å². The van der Waals surface area contributed by atoms with Crippen LogP contribution in [0.4, 0.5) is 4.39 Å². The molecule has 4 nitrogen and oxygen atoms in total. The first-order valence-electron chi connectivity index (χ1n) is 6.49. The Bertz CT molecular complexity index is 459. The van der Waals surface area contributed by atoms with Crippen LogP contribution in [0.25, 0.3) is 0 Å². The van der Waals surface area contributed by atoms with Gasteiger partial charge in [0, 0.05) is 0 Å². The van der Waals surface area contributed by atoms with E-state index < -0.39 is 5.82 Å². The molecule has 1 heterocycles. The molecule has 1 aliphatic heterocycles. The molecule has 0 aliphatic carbocycles. The summed E-state index contributed by atoms with van der Waals surface area (Å²) in [4.78, 5) is 11.9. The summed E-state index contributed by atoms with van der Waals surface area (Å²) in [6.45, 7) is 2.72. The largest absolute Gasteiger partial charge is 0.494 e. The molecular formula is C14H19FN2O2. The number of rotatable bonds is 4. The molecule has 1 aromatic rings. The van der Waals surface area contributed by atoms with Crippen LogP contribution in [0.2, 0.25) is 0 Å². The van der Waals surface area contributed by atoms with Crippen molar-refractivity contribution in [2.75, 3.05) is 13.7 Å². The van der Waals surface area contributed by atoms with Crippen LogP contribution in [0, 0.1) is 5.82 Å². The first-order valence-corrected chi connectivity index (χ1v) is 6.49. The number of hydrogen-bond acceptors (Lipinski definition) is 3. The number of ether oxygens (including phenoxy) is 1. The Morgan fingerprint density at radius 3 is 2.95 bits per heavy atom. The minimum atomic E-state index is -0.417. The van der Waals surface area contributed by atoms with Crippen LogP contribution in [0.15, 0.2) is 18.2 Å². The Kier molecular flexibility index (Phi) is 4.37. The van der Waals surface area contributed by atoms with E-state index in [2.05, 4.69) is 10.6 Å². The molecule has 0 radical (unpaired) electrons. The van der Waals surface area contributed by atoms with Gasteiger partial charge in [0.05, 0.1) is 19.2 Å². The highest BCUT2D eigenvalue weighted by molar-refractivity contribution is 5.82. The fraction of sp³-hybridized carbons (Fsp3) is 0.500. The molecule has 1 saturated heterocycles. The van der Waals surface area contributed by atoms with Crippen LogP contribution in [0.3, 0.4) is 0 Å². The predicted octanol–water partition coefficient (Wildman–Crippen LogP) is 1.76. The maximum Gasteiger partial charge on any atom is 0.237 e. The van der Waals surface area contributed by atoms with E-state index in [9.17, 15) is 9.18 Å². The summed E-state index contributed by atoms with van der Waals surface area (Å²) in [5.74, 6) is -0.235. The van der Waals surface area contributed by atoms with E-state index in [4.69, 9.17) is 4.74 Å². The van der Waals surface area contributed by atoms with Gasteiger partial charge in [-0.25, -0.2) is 4.39 Å². The van der Waals surface area contributed by atoms with Crippen LogP contribution in [0.5, 0.6) is 5.75 Å². The van der Waals surface area contributed by atoms with Crippen molar-refractivity contribution < 1.29 is 13.9 Å². The summed E-state index contributed by atoms with van der Waals surface area (Å²) in [6.07, 6.45) is 1.87. The van der Waals surface area contributed by atoms with Gasteiger partial charge in [0.1, 0.15) is 0 Å². The van der Waals surface area contributed by atoms with Crippen molar-refractivity contribution in [3.8, 4) is 5.75 Å². The zero-order valence-corrected chi connectivity index (χ0v) is 11.2. The van der Waals surface area contributed by atoms with Gasteiger partial charge in [-0.2, -0.15) is 0 Å². The molecule has 0 bridgehead atoms. The standard InChI is InChI=1S/C14H19FN2O2/c1-9(17-14(18)12-4-3-7-16-12)10-5-6-13(19-2)11(15)8-10/h5-6,8-9,12,16H,3-4,7H2,1-2H3,(H,17,18)/t9?,12-/m1/s1. The third-order valence-electron chi connectivity index (χ3n) is 3.41. The lowest BCUT2D eigenvalue weighted by Gasteiger charge is -2.18. The zero-order valence-electron chi connectivity index (χ0n) is 11.2. The SMILES string of the molecule is COc1ccc(C(C)NC(=O)[C@H]2CCCN2)cc1F. The van der Waals surface area contributed by atoms with E-state index in [1.807, 2.05) is 6.92 Å². The molecule has 2 rings (SSSR count). The van der Waals surface area contributed by atoms with Crippen molar-refractivity contribution in [1.82, 2.24) is 10.6 Å². The number of methoxy groups -OCH3 is 1. The minimum Gasteiger partial charge on any atom is -0.494 e. The van der Waals surface area contributed by atoms with Crippen molar-refractivity contribution >= 4 is 5.91 Å². The van der Waals surface area contributed by atoms with Crippen molar-refractivity contribution in [3.05, 3.63) is 29.6 Å². The Hall–Kier alpha value is -1.62.